The van der Waals surface area contributed by atoms with E-state index in [9.17, 15) is 25.0 Å². The molecule has 2 heterocycles. The number of hydrogen-bond donors (Lipinski definition) is 0. The Morgan fingerprint density at radius 1 is 1.10 bits per heavy atom. The van der Waals surface area contributed by atoms with Gasteiger partial charge in [-0.3, -0.25) is 19.8 Å². The van der Waals surface area contributed by atoms with Crippen LogP contribution in [0.15, 0.2) is 18.2 Å². The van der Waals surface area contributed by atoms with Gasteiger partial charge in [-0.05, 0) is 29.5 Å². The van der Waals surface area contributed by atoms with E-state index in [4.69, 9.17) is 23.2 Å². The van der Waals surface area contributed by atoms with Crippen LogP contribution in [0, 0.1) is 27.2 Å². The van der Waals surface area contributed by atoms with E-state index in [0.29, 0.717) is 42.8 Å². The summed E-state index contributed by atoms with van der Waals surface area (Å²) in [6, 6.07) is 5.44. The van der Waals surface area contributed by atoms with Gasteiger partial charge in [0.05, 0.1) is 20.1 Å². The number of benzene rings is 1. The fourth-order valence-electron chi connectivity index (χ4n) is 3.29. The number of carbonyl (C=O) groups is 1. The number of halogens is 2. The van der Waals surface area contributed by atoms with Crippen molar-refractivity contribution in [3.63, 3.8) is 0 Å². The predicted octanol–water partition coefficient (Wildman–Crippen LogP) is 2.66. The summed E-state index contributed by atoms with van der Waals surface area (Å²) in [6.45, 7) is 3.88. The maximum atomic E-state index is 12.6. The average molecular weight is 457 g/mol. The summed E-state index contributed by atoms with van der Waals surface area (Å²) in [5.74, 6) is -1.17. The van der Waals surface area contributed by atoms with Gasteiger partial charge in [0.15, 0.2) is 0 Å². The van der Waals surface area contributed by atoms with E-state index in [-0.39, 0.29) is 18.1 Å². The molecule has 11 nitrogen and oxygen atoms in total. The van der Waals surface area contributed by atoms with Gasteiger partial charge in [-0.1, -0.05) is 29.3 Å². The molecule has 0 saturated carbocycles. The molecule has 1 aromatic heterocycles. The Kier molecular flexibility index (Phi) is 6.54. The third-order valence-electron chi connectivity index (χ3n) is 4.91. The Balaban J connectivity index is 1.60. The molecular formula is C17H18Cl2N6O5. The zero-order chi connectivity index (χ0) is 22.0. The molecule has 0 N–H and O–H groups in total. The Hall–Kier alpha value is -2.76. The van der Waals surface area contributed by atoms with E-state index in [0.717, 1.165) is 10.2 Å². The molecule has 160 valence electrons. The molecule has 1 aliphatic heterocycles. The SMILES string of the molecule is Cc1c([N+](=O)[O-])c([N+](=O)[O-])nn1CC(=O)N1CCN(Cc2ccc(Cl)c(Cl)c2)CC1. The van der Waals surface area contributed by atoms with Crippen molar-refractivity contribution in [3.8, 4) is 0 Å². The highest BCUT2D eigenvalue weighted by atomic mass is 35.5. The van der Waals surface area contributed by atoms with E-state index >= 15 is 0 Å². The van der Waals surface area contributed by atoms with Gasteiger partial charge in [0.2, 0.25) is 5.91 Å². The lowest BCUT2D eigenvalue weighted by Gasteiger charge is -2.34. The number of piperazine rings is 1. The van der Waals surface area contributed by atoms with Crippen molar-refractivity contribution < 1.29 is 14.6 Å². The molecule has 0 radical (unpaired) electrons. The van der Waals surface area contributed by atoms with Crippen molar-refractivity contribution in [3.05, 3.63) is 59.7 Å². The quantitative estimate of drug-likeness (QED) is 0.482. The molecule has 30 heavy (non-hydrogen) atoms. The van der Waals surface area contributed by atoms with E-state index in [2.05, 4.69) is 10.00 Å². The number of nitrogens with zero attached hydrogens (tertiary/aromatic N) is 6. The molecule has 13 heteroatoms. The van der Waals surface area contributed by atoms with Crippen LogP contribution in [0.25, 0.3) is 0 Å². The van der Waals surface area contributed by atoms with E-state index in [1.165, 1.54) is 6.92 Å². The summed E-state index contributed by atoms with van der Waals surface area (Å²) in [6.07, 6.45) is 0. The Labute approximate surface area is 181 Å². The molecule has 0 bridgehead atoms. The first kappa shape index (κ1) is 21.9. The molecule has 3 rings (SSSR count). The van der Waals surface area contributed by atoms with Gasteiger partial charge in [-0.15, -0.1) is 0 Å². The fourth-order valence-corrected chi connectivity index (χ4v) is 3.61. The summed E-state index contributed by atoms with van der Waals surface area (Å²) in [4.78, 5) is 36.7. The van der Waals surface area contributed by atoms with Crippen LogP contribution in [0.1, 0.15) is 11.3 Å². The second kappa shape index (κ2) is 8.94. The van der Waals surface area contributed by atoms with Crippen molar-refractivity contribution in [1.29, 1.82) is 0 Å². The van der Waals surface area contributed by atoms with Crippen LogP contribution in [0.5, 0.6) is 0 Å². The van der Waals surface area contributed by atoms with Crippen molar-refractivity contribution in [2.24, 2.45) is 0 Å². The highest BCUT2D eigenvalue weighted by Crippen LogP contribution is 2.29. The Morgan fingerprint density at radius 3 is 2.30 bits per heavy atom. The zero-order valence-corrected chi connectivity index (χ0v) is 17.5. The highest BCUT2D eigenvalue weighted by molar-refractivity contribution is 6.42. The van der Waals surface area contributed by atoms with Gasteiger partial charge < -0.3 is 15.0 Å². The molecule has 2 aromatic rings. The second-order valence-electron chi connectivity index (χ2n) is 6.83. The minimum Gasteiger partial charge on any atom is -0.358 e. The topological polar surface area (TPSA) is 128 Å². The summed E-state index contributed by atoms with van der Waals surface area (Å²) in [5, 5.41) is 26.7. The third kappa shape index (κ3) is 4.69. The molecule has 0 aliphatic carbocycles. The molecule has 1 saturated heterocycles. The molecule has 0 spiro atoms. The third-order valence-corrected chi connectivity index (χ3v) is 5.65. The molecule has 1 aliphatic rings. The van der Waals surface area contributed by atoms with Crippen molar-refractivity contribution >= 4 is 40.6 Å². The number of amides is 1. The first-order valence-corrected chi connectivity index (χ1v) is 9.73. The van der Waals surface area contributed by atoms with Gasteiger partial charge in [0.25, 0.3) is 0 Å². The lowest BCUT2D eigenvalue weighted by atomic mass is 10.2. The summed E-state index contributed by atoms with van der Waals surface area (Å²) < 4.78 is 1.01. The maximum Gasteiger partial charge on any atom is 0.468 e. The van der Waals surface area contributed by atoms with Crippen LogP contribution in [0.4, 0.5) is 11.5 Å². The summed E-state index contributed by atoms with van der Waals surface area (Å²) in [7, 11) is 0. The Morgan fingerprint density at radius 2 is 1.77 bits per heavy atom. The highest BCUT2D eigenvalue weighted by Gasteiger charge is 2.36. The minimum atomic E-state index is -0.923. The predicted molar refractivity (Wildman–Crippen MR) is 109 cm³/mol. The van der Waals surface area contributed by atoms with Gasteiger partial charge in [-0.25, -0.2) is 0 Å². The van der Waals surface area contributed by atoms with Crippen LogP contribution in [-0.4, -0.2) is 61.5 Å². The van der Waals surface area contributed by atoms with Crippen molar-refractivity contribution in [1.82, 2.24) is 19.6 Å². The lowest BCUT2D eigenvalue weighted by molar-refractivity contribution is -0.424. The van der Waals surface area contributed by atoms with Gasteiger partial charge in [0.1, 0.15) is 12.2 Å². The number of carbonyl (C=O) groups excluding carboxylic acids is 1. The van der Waals surface area contributed by atoms with E-state index in [1.54, 1.807) is 11.0 Å². The van der Waals surface area contributed by atoms with Crippen LogP contribution < -0.4 is 0 Å². The Bertz CT molecular complexity index is 1000. The molecular weight excluding hydrogens is 439 g/mol. The van der Waals surface area contributed by atoms with Crippen LogP contribution in [0.3, 0.4) is 0 Å². The normalized spacial score (nSPS) is 14.7. The van der Waals surface area contributed by atoms with Crippen LogP contribution in [0.2, 0.25) is 10.0 Å². The standard InChI is InChI=1S/C17H18Cl2N6O5/c1-11-16(24(27)28)17(25(29)30)20-23(11)10-15(26)22-6-4-21(5-7-22)9-12-2-3-13(18)14(19)8-12/h2-3,8H,4-7,9-10H2,1H3. The smallest absolute Gasteiger partial charge is 0.358 e. The molecule has 0 atom stereocenters. The number of aromatic nitrogens is 2. The van der Waals surface area contributed by atoms with E-state index in [1.807, 2.05) is 12.1 Å². The molecule has 1 fully saturated rings. The van der Waals surface area contributed by atoms with Gasteiger partial charge in [0, 0.05) is 32.7 Å². The van der Waals surface area contributed by atoms with Gasteiger partial charge in [-0.2, -0.15) is 4.68 Å². The molecule has 1 aromatic carbocycles. The van der Waals surface area contributed by atoms with Crippen LogP contribution in [-0.2, 0) is 17.9 Å². The number of rotatable bonds is 6. The maximum absolute atomic E-state index is 12.6. The number of nitro groups is 2. The van der Waals surface area contributed by atoms with Crippen molar-refractivity contribution in [2.45, 2.75) is 20.0 Å². The fraction of sp³-hybridized carbons (Fsp3) is 0.412. The first-order valence-electron chi connectivity index (χ1n) is 8.97. The molecule has 0 unspecified atom stereocenters. The van der Waals surface area contributed by atoms with Crippen LogP contribution >= 0.6 is 23.2 Å². The second-order valence-corrected chi connectivity index (χ2v) is 7.65. The summed E-state index contributed by atoms with van der Waals surface area (Å²) in [5.41, 5.74) is 0.286. The number of hydrogen-bond acceptors (Lipinski definition) is 7. The minimum absolute atomic E-state index is 0.0293. The first-order chi connectivity index (χ1) is 14.2. The zero-order valence-electron chi connectivity index (χ0n) is 16.0. The lowest BCUT2D eigenvalue weighted by Crippen LogP contribution is -2.49. The monoisotopic (exact) mass is 456 g/mol. The van der Waals surface area contributed by atoms with Crippen molar-refractivity contribution in [2.75, 3.05) is 26.2 Å². The van der Waals surface area contributed by atoms with Gasteiger partial charge >= 0.3 is 11.5 Å². The largest absolute Gasteiger partial charge is 0.468 e. The average Bonchev–Trinajstić information content (AvgIpc) is 3.02. The van der Waals surface area contributed by atoms with E-state index < -0.39 is 21.4 Å². The summed E-state index contributed by atoms with van der Waals surface area (Å²) >= 11 is 12.0. The molecule has 1 amide bonds.